The van der Waals surface area contributed by atoms with Gasteiger partial charge in [0.1, 0.15) is 6.33 Å². The Morgan fingerprint density at radius 3 is 2.90 bits per heavy atom. The van der Waals surface area contributed by atoms with E-state index in [4.69, 9.17) is 11.6 Å². The topological polar surface area (TPSA) is 85.1 Å². The number of aryl methyl sites for hydroxylation is 1. The van der Waals surface area contributed by atoms with Crippen LogP contribution in [0.4, 0.5) is 5.69 Å². The smallest absolute Gasteiger partial charge is 0.278 e. The van der Waals surface area contributed by atoms with Crippen molar-refractivity contribution in [2.75, 3.05) is 5.32 Å². The number of amides is 1. The molecule has 0 radical (unpaired) electrons. The maximum atomic E-state index is 12.2. The Kier molecular flexibility index (Phi) is 3.03. The SMILES string of the molecule is Cc1c(C(=O)Nc2ccccc2Cl)nnc2ncnn12. The Morgan fingerprint density at radius 1 is 1.30 bits per heavy atom. The van der Waals surface area contributed by atoms with Crippen LogP contribution in [-0.4, -0.2) is 30.7 Å². The van der Waals surface area contributed by atoms with E-state index < -0.39 is 5.91 Å². The molecule has 0 aliphatic carbocycles. The number of anilines is 1. The molecule has 1 N–H and O–H groups in total. The largest absolute Gasteiger partial charge is 0.319 e. The fourth-order valence-electron chi connectivity index (χ4n) is 1.76. The Hall–Kier alpha value is -2.54. The molecule has 3 rings (SSSR count). The van der Waals surface area contributed by atoms with Gasteiger partial charge in [0.15, 0.2) is 5.69 Å². The third kappa shape index (κ3) is 2.08. The summed E-state index contributed by atoms with van der Waals surface area (Å²) in [6.07, 6.45) is 1.35. The lowest BCUT2D eigenvalue weighted by molar-refractivity contribution is 0.102. The van der Waals surface area contributed by atoms with Crippen molar-refractivity contribution in [3.63, 3.8) is 0 Å². The van der Waals surface area contributed by atoms with E-state index in [0.29, 0.717) is 22.2 Å². The first-order valence-corrected chi connectivity index (χ1v) is 6.13. The average Bonchev–Trinajstić information content (AvgIpc) is 2.91. The van der Waals surface area contributed by atoms with Crippen molar-refractivity contribution in [1.29, 1.82) is 0 Å². The molecule has 0 aliphatic rings. The lowest BCUT2D eigenvalue weighted by Crippen LogP contribution is -2.18. The minimum Gasteiger partial charge on any atom is -0.319 e. The number of halogens is 1. The van der Waals surface area contributed by atoms with Gasteiger partial charge in [-0.3, -0.25) is 4.79 Å². The van der Waals surface area contributed by atoms with Crippen molar-refractivity contribution in [1.82, 2.24) is 24.8 Å². The number of aromatic nitrogens is 5. The molecule has 0 bridgehead atoms. The second kappa shape index (κ2) is 4.86. The van der Waals surface area contributed by atoms with Gasteiger partial charge in [-0.25, -0.2) is 0 Å². The summed E-state index contributed by atoms with van der Waals surface area (Å²) >= 11 is 5.99. The van der Waals surface area contributed by atoms with Crippen molar-refractivity contribution >= 4 is 29.0 Å². The van der Waals surface area contributed by atoms with Crippen LogP contribution in [0, 0.1) is 6.92 Å². The Bertz CT molecular complexity index is 799. The van der Waals surface area contributed by atoms with Crippen LogP contribution in [0.5, 0.6) is 0 Å². The highest BCUT2D eigenvalue weighted by molar-refractivity contribution is 6.33. The molecule has 1 amide bonds. The predicted molar refractivity (Wildman–Crippen MR) is 72.7 cm³/mol. The lowest BCUT2D eigenvalue weighted by atomic mass is 10.3. The number of nitrogens with zero attached hydrogens (tertiary/aromatic N) is 5. The molecule has 8 heteroatoms. The van der Waals surface area contributed by atoms with Crippen molar-refractivity contribution in [2.45, 2.75) is 6.92 Å². The Morgan fingerprint density at radius 2 is 2.10 bits per heavy atom. The number of carbonyl (C=O) groups is 1. The van der Waals surface area contributed by atoms with Crippen LogP contribution < -0.4 is 5.32 Å². The molecule has 1 aromatic carbocycles. The molecule has 0 saturated heterocycles. The van der Waals surface area contributed by atoms with Crippen LogP contribution >= 0.6 is 11.6 Å². The Balaban J connectivity index is 1.97. The van der Waals surface area contributed by atoms with Crippen molar-refractivity contribution in [3.05, 3.63) is 47.0 Å². The molecule has 20 heavy (non-hydrogen) atoms. The van der Waals surface area contributed by atoms with Gasteiger partial charge in [-0.15, -0.1) is 10.2 Å². The molecule has 3 aromatic rings. The lowest BCUT2D eigenvalue weighted by Gasteiger charge is -2.08. The summed E-state index contributed by atoms with van der Waals surface area (Å²) in [6.45, 7) is 1.72. The van der Waals surface area contributed by atoms with Gasteiger partial charge in [0.25, 0.3) is 11.7 Å². The fraction of sp³-hybridized carbons (Fsp3) is 0.0833. The average molecular weight is 289 g/mol. The normalized spacial score (nSPS) is 10.7. The summed E-state index contributed by atoms with van der Waals surface area (Å²) < 4.78 is 1.45. The van der Waals surface area contributed by atoms with Gasteiger partial charge >= 0.3 is 0 Å². The number of rotatable bonds is 2. The molecule has 100 valence electrons. The summed E-state index contributed by atoms with van der Waals surface area (Å²) in [4.78, 5) is 16.1. The molecule has 0 saturated carbocycles. The summed E-state index contributed by atoms with van der Waals surface area (Å²) in [7, 11) is 0. The van der Waals surface area contributed by atoms with Crippen molar-refractivity contribution in [2.24, 2.45) is 0 Å². The second-order valence-electron chi connectivity index (χ2n) is 4.04. The molecule has 0 atom stereocenters. The van der Waals surface area contributed by atoms with Crippen LogP contribution in [0.2, 0.25) is 5.02 Å². The maximum absolute atomic E-state index is 12.2. The van der Waals surface area contributed by atoms with E-state index in [1.165, 1.54) is 10.8 Å². The molecule has 0 fully saturated rings. The van der Waals surface area contributed by atoms with Crippen LogP contribution in [0.15, 0.2) is 30.6 Å². The number of benzene rings is 1. The number of hydrogen-bond acceptors (Lipinski definition) is 5. The molecule has 2 heterocycles. The summed E-state index contributed by atoms with van der Waals surface area (Å²) in [5.41, 5.74) is 1.24. The van der Waals surface area contributed by atoms with Gasteiger partial charge in [-0.2, -0.15) is 14.6 Å². The van der Waals surface area contributed by atoms with E-state index in [1.54, 1.807) is 31.2 Å². The molecular weight excluding hydrogens is 280 g/mol. The first-order chi connectivity index (χ1) is 9.66. The van der Waals surface area contributed by atoms with Gasteiger partial charge in [-0.1, -0.05) is 23.7 Å². The van der Waals surface area contributed by atoms with E-state index in [0.717, 1.165) is 0 Å². The van der Waals surface area contributed by atoms with Crippen LogP contribution in [0.1, 0.15) is 16.2 Å². The first-order valence-electron chi connectivity index (χ1n) is 5.75. The predicted octanol–water partition coefficient (Wildman–Crippen LogP) is 1.73. The number of hydrogen-bond donors (Lipinski definition) is 1. The second-order valence-corrected chi connectivity index (χ2v) is 4.45. The fourth-order valence-corrected chi connectivity index (χ4v) is 1.94. The Labute approximate surface area is 118 Å². The van der Waals surface area contributed by atoms with Crippen LogP contribution in [0.25, 0.3) is 5.78 Å². The highest BCUT2D eigenvalue weighted by Gasteiger charge is 2.16. The van der Waals surface area contributed by atoms with Crippen molar-refractivity contribution < 1.29 is 4.79 Å². The number of fused-ring (bicyclic) bond motifs is 1. The number of nitrogens with one attached hydrogen (secondary N) is 1. The summed E-state index contributed by atoms with van der Waals surface area (Å²) in [6, 6.07) is 6.96. The zero-order chi connectivity index (χ0) is 14.1. The highest BCUT2D eigenvalue weighted by Crippen LogP contribution is 2.21. The third-order valence-electron chi connectivity index (χ3n) is 2.77. The standard InChI is InChI=1S/C12H9ClN6O/c1-7-10(17-18-12-14-6-15-19(7)12)11(20)16-9-5-3-2-4-8(9)13/h2-6H,1H3,(H,16,20). The molecule has 0 unspecified atom stereocenters. The third-order valence-corrected chi connectivity index (χ3v) is 3.10. The number of para-hydroxylation sites is 1. The van der Waals surface area contributed by atoms with Crippen LogP contribution in [-0.2, 0) is 0 Å². The number of carbonyl (C=O) groups excluding carboxylic acids is 1. The van der Waals surface area contributed by atoms with Crippen molar-refractivity contribution in [3.8, 4) is 0 Å². The van der Waals surface area contributed by atoms with Gasteiger partial charge in [0.2, 0.25) is 0 Å². The van der Waals surface area contributed by atoms with E-state index in [1.807, 2.05) is 0 Å². The van der Waals surface area contributed by atoms with E-state index >= 15 is 0 Å². The molecule has 0 aliphatic heterocycles. The molecular formula is C12H9ClN6O. The monoisotopic (exact) mass is 288 g/mol. The minimum absolute atomic E-state index is 0.169. The zero-order valence-corrected chi connectivity index (χ0v) is 11.2. The minimum atomic E-state index is -0.402. The van der Waals surface area contributed by atoms with E-state index in [-0.39, 0.29) is 5.69 Å². The maximum Gasteiger partial charge on any atom is 0.278 e. The molecule has 2 aromatic heterocycles. The molecule has 7 nitrogen and oxygen atoms in total. The summed E-state index contributed by atoms with van der Waals surface area (Å²) in [5, 5.41) is 14.8. The van der Waals surface area contributed by atoms with Gasteiger partial charge < -0.3 is 5.32 Å². The van der Waals surface area contributed by atoms with Gasteiger partial charge in [0, 0.05) is 0 Å². The highest BCUT2D eigenvalue weighted by atomic mass is 35.5. The van der Waals surface area contributed by atoms with E-state index in [9.17, 15) is 4.79 Å². The van der Waals surface area contributed by atoms with Gasteiger partial charge in [-0.05, 0) is 19.1 Å². The van der Waals surface area contributed by atoms with E-state index in [2.05, 4.69) is 25.6 Å². The van der Waals surface area contributed by atoms with Gasteiger partial charge in [0.05, 0.1) is 16.4 Å². The summed E-state index contributed by atoms with van der Waals surface area (Å²) in [5.74, 6) is -0.0581. The molecule has 0 spiro atoms. The van der Waals surface area contributed by atoms with Crippen LogP contribution in [0.3, 0.4) is 0 Å². The zero-order valence-electron chi connectivity index (χ0n) is 10.4. The first kappa shape index (κ1) is 12.5. The quantitative estimate of drug-likeness (QED) is 0.776.